The van der Waals surface area contributed by atoms with E-state index < -0.39 is 0 Å². The Morgan fingerprint density at radius 1 is 1.05 bits per heavy atom. The number of rotatable bonds is 6. The van der Waals surface area contributed by atoms with Gasteiger partial charge in [0.15, 0.2) is 0 Å². The van der Waals surface area contributed by atoms with Crippen LogP contribution in [0.5, 0.6) is 17.2 Å². The van der Waals surface area contributed by atoms with Crippen molar-refractivity contribution < 1.29 is 14.2 Å². The van der Waals surface area contributed by atoms with E-state index in [0.29, 0.717) is 6.04 Å². The van der Waals surface area contributed by atoms with Crippen molar-refractivity contribution in [2.75, 3.05) is 47.5 Å². The summed E-state index contributed by atoms with van der Waals surface area (Å²) >= 11 is 0. The summed E-state index contributed by atoms with van der Waals surface area (Å²) in [7, 11) is 5.05. The van der Waals surface area contributed by atoms with E-state index in [1.807, 2.05) is 12.1 Å². The second-order valence-corrected chi connectivity index (χ2v) is 5.16. The number of hydrogen-bond donors (Lipinski definition) is 1. The predicted octanol–water partition coefficient (Wildman–Crippen LogP) is 2.07. The molecular weight excluding hydrogens is 268 g/mol. The van der Waals surface area contributed by atoms with Gasteiger partial charge in [0.2, 0.25) is 0 Å². The van der Waals surface area contributed by atoms with Crippen LogP contribution >= 0.6 is 0 Å². The highest BCUT2D eigenvalue weighted by Gasteiger charge is 2.27. The van der Waals surface area contributed by atoms with Gasteiger partial charge in [-0.3, -0.25) is 4.90 Å². The summed E-state index contributed by atoms with van der Waals surface area (Å²) in [4.78, 5) is 2.49. The molecule has 0 amide bonds. The van der Waals surface area contributed by atoms with Crippen LogP contribution in [0.25, 0.3) is 0 Å². The van der Waals surface area contributed by atoms with E-state index in [0.717, 1.165) is 55.4 Å². The van der Waals surface area contributed by atoms with Gasteiger partial charge in [0.05, 0.1) is 26.9 Å². The molecule has 1 aliphatic heterocycles. The minimum atomic E-state index is 0.294. The van der Waals surface area contributed by atoms with Crippen LogP contribution in [-0.2, 0) is 0 Å². The molecule has 1 aromatic rings. The molecule has 5 nitrogen and oxygen atoms in total. The van der Waals surface area contributed by atoms with Crippen molar-refractivity contribution in [1.29, 1.82) is 0 Å². The molecule has 0 aliphatic carbocycles. The third-order valence-electron chi connectivity index (χ3n) is 4.07. The van der Waals surface area contributed by atoms with Crippen molar-refractivity contribution in [3.05, 3.63) is 17.7 Å². The molecule has 1 heterocycles. The molecule has 0 bridgehead atoms. The standard InChI is InChI=1S/C16H26N2O3/c1-5-13(18-8-6-17-7-9-18)16-14(20-3)10-12(19-2)11-15(16)21-4/h10-11,13,17H,5-9H2,1-4H3/t13-/m1/s1. The Morgan fingerprint density at radius 3 is 2.05 bits per heavy atom. The van der Waals surface area contributed by atoms with Gasteiger partial charge in [0.25, 0.3) is 0 Å². The maximum atomic E-state index is 5.60. The molecular formula is C16H26N2O3. The van der Waals surface area contributed by atoms with Gasteiger partial charge in [0.1, 0.15) is 17.2 Å². The van der Waals surface area contributed by atoms with E-state index in [-0.39, 0.29) is 0 Å². The average molecular weight is 294 g/mol. The fourth-order valence-corrected chi connectivity index (χ4v) is 3.00. The lowest BCUT2D eigenvalue weighted by atomic mass is 9.99. The maximum absolute atomic E-state index is 5.60. The van der Waals surface area contributed by atoms with Gasteiger partial charge in [-0.15, -0.1) is 0 Å². The number of piperazine rings is 1. The van der Waals surface area contributed by atoms with Crippen LogP contribution in [0, 0.1) is 0 Å². The Labute approximate surface area is 127 Å². The quantitative estimate of drug-likeness (QED) is 0.870. The molecule has 0 saturated carbocycles. The number of methoxy groups -OCH3 is 3. The molecule has 1 atom stereocenters. The second kappa shape index (κ2) is 7.52. The highest BCUT2D eigenvalue weighted by Crippen LogP contribution is 2.41. The molecule has 0 spiro atoms. The summed E-state index contributed by atoms with van der Waals surface area (Å²) in [6, 6.07) is 4.16. The van der Waals surface area contributed by atoms with Crippen molar-refractivity contribution in [2.45, 2.75) is 19.4 Å². The first-order chi connectivity index (χ1) is 10.2. The summed E-state index contributed by atoms with van der Waals surface area (Å²) < 4.78 is 16.5. The lowest BCUT2D eigenvalue weighted by Gasteiger charge is -2.36. The monoisotopic (exact) mass is 294 g/mol. The summed E-state index contributed by atoms with van der Waals surface area (Å²) in [5.74, 6) is 2.41. The Bertz CT molecular complexity index is 434. The first-order valence-electron chi connectivity index (χ1n) is 7.49. The van der Waals surface area contributed by atoms with Gasteiger partial charge < -0.3 is 19.5 Å². The van der Waals surface area contributed by atoms with E-state index >= 15 is 0 Å². The molecule has 1 saturated heterocycles. The number of ether oxygens (including phenoxy) is 3. The van der Waals surface area contributed by atoms with Crippen LogP contribution in [0.4, 0.5) is 0 Å². The zero-order valence-electron chi connectivity index (χ0n) is 13.4. The molecule has 0 unspecified atom stereocenters. The molecule has 1 N–H and O–H groups in total. The average Bonchev–Trinajstić information content (AvgIpc) is 2.56. The maximum Gasteiger partial charge on any atom is 0.131 e. The van der Waals surface area contributed by atoms with Gasteiger partial charge in [-0.05, 0) is 6.42 Å². The number of hydrogen-bond acceptors (Lipinski definition) is 5. The molecule has 0 aromatic heterocycles. The van der Waals surface area contributed by atoms with E-state index in [1.54, 1.807) is 21.3 Å². The van der Waals surface area contributed by atoms with Crippen LogP contribution in [0.15, 0.2) is 12.1 Å². The SMILES string of the molecule is CC[C@H](c1c(OC)cc(OC)cc1OC)N1CCNCC1. The van der Waals surface area contributed by atoms with Crippen LogP contribution in [0.2, 0.25) is 0 Å². The highest BCUT2D eigenvalue weighted by molar-refractivity contribution is 5.52. The van der Waals surface area contributed by atoms with E-state index in [4.69, 9.17) is 14.2 Å². The van der Waals surface area contributed by atoms with Gasteiger partial charge in [0, 0.05) is 44.4 Å². The smallest absolute Gasteiger partial charge is 0.131 e. The predicted molar refractivity (Wildman–Crippen MR) is 83.6 cm³/mol. The molecule has 0 radical (unpaired) electrons. The highest BCUT2D eigenvalue weighted by atomic mass is 16.5. The lowest BCUT2D eigenvalue weighted by Crippen LogP contribution is -2.45. The minimum absolute atomic E-state index is 0.294. The van der Waals surface area contributed by atoms with Crippen LogP contribution in [0.1, 0.15) is 24.9 Å². The van der Waals surface area contributed by atoms with Crippen molar-refractivity contribution in [1.82, 2.24) is 10.2 Å². The molecule has 1 aromatic carbocycles. The first-order valence-corrected chi connectivity index (χ1v) is 7.49. The van der Waals surface area contributed by atoms with E-state index in [9.17, 15) is 0 Å². The van der Waals surface area contributed by atoms with Gasteiger partial charge >= 0.3 is 0 Å². The van der Waals surface area contributed by atoms with Crippen molar-refractivity contribution in [3.63, 3.8) is 0 Å². The fraction of sp³-hybridized carbons (Fsp3) is 0.625. The zero-order chi connectivity index (χ0) is 15.2. The third kappa shape index (κ3) is 3.41. The number of nitrogens with one attached hydrogen (secondary N) is 1. The summed E-state index contributed by atoms with van der Waals surface area (Å²) in [6.07, 6.45) is 1.01. The Morgan fingerprint density at radius 2 is 1.62 bits per heavy atom. The van der Waals surface area contributed by atoms with Crippen molar-refractivity contribution in [3.8, 4) is 17.2 Å². The van der Waals surface area contributed by atoms with Gasteiger partial charge in [-0.1, -0.05) is 6.92 Å². The molecule has 1 aliphatic rings. The summed E-state index contributed by atoms with van der Waals surface area (Å²) in [5.41, 5.74) is 1.12. The molecule has 21 heavy (non-hydrogen) atoms. The first kappa shape index (κ1) is 15.9. The number of benzene rings is 1. The zero-order valence-corrected chi connectivity index (χ0v) is 13.4. The third-order valence-corrected chi connectivity index (χ3v) is 4.07. The normalized spacial score (nSPS) is 17.3. The largest absolute Gasteiger partial charge is 0.496 e. The Balaban J connectivity index is 2.42. The Kier molecular flexibility index (Phi) is 5.70. The van der Waals surface area contributed by atoms with E-state index in [2.05, 4.69) is 17.1 Å². The minimum Gasteiger partial charge on any atom is -0.496 e. The van der Waals surface area contributed by atoms with E-state index in [1.165, 1.54) is 0 Å². The van der Waals surface area contributed by atoms with Gasteiger partial charge in [-0.25, -0.2) is 0 Å². The summed E-state index contributed by atoms with van der Waals surface area (Å²) in [6.45, 7) is 6.33. The molecule has 2 rings (SSSR count). The lowest BCUT2D eigenvalue weighted by molar-refractivity contribution is 0.163. The second-order valence-electron chi connectivity index (χ2n) is 5.16. The molecule has 1 fully saturated rings. The topological polar surface area (TPSA) is 43.0 Å². The van der Waals surface area contributed by atoms with Crippen LogP contribution < -0.4 is 19.5 Å². The van der Waals surface area contributed by atoms with Crippen molar-refractivity contribution in [2.24, 2.45) is 0 Å². The van der Waals surface area contributed by atoms with Crippen molar-refractivity contribution >= 4 is 0 Å². The fourth-order valence-electron chi connectivity index (χ4n) is 3.00. The summed E-state index contributed by atoms with van der Waals surface area (Å²) in [5, 5.41) is 3.40. The molecule has 5 heteroatoms. The van der Waals surface area contributed by atoms with Crippen LogP contribution in [-0.4, -0.2) is 52.4 Å². The van der Waals surface area contributed by atoms with Crippen LogP contribution in [0.3, 0.4) is 0 Å². The van der Waals surface area contributed by atoms with Gasteiger partial charge in [-0.2, -0.15) is 0 Å². The number of nitrogens with zero attached hydrogens (tertiary/aromatic N) is 1. The molecule has 118 valence electrons. The Hall–Kier alpha value is -1.46.